The maximum absolute atomic E-state index is 12.6. The van der Waals surface area contributed by atoms with Crippen LogP contribution in [0, 0.1) is 0 Å². The maximum Gasteiger partial charge on any atom is 0.325 e. The van der Waals surface area contributed by atoms with Gasteiger partial charge >= 0.3 is 6.03 Å². The van der Waals surface area contributed by atoms with Gasteiger partial charge in [0.2, 0.25) is 5.91 Å². The highest BCUT2D eigenvalue weighted by atomic mass is 16.6. The number of benzene rings is 2. The highest BCUT2D eigenvalue weighted by Gasteiger charge is 2.37. The van der Waals surface area contributed by atoms with Crippen LogP contribution < -0.4 is 24.8 Å². The summed E-state index contributed by atoms with van der Waals surface area (Å²) in [7, 11) is 1.57. The number of hydrogen-bond acceptors (Lipinski definition) is 6. The lowest BCUT2D eigenvalue weighted by atomic mass is 10.1. The van der Waals surface area contributed by atoms with E-state index in [4.69, 9.17) is 14.2 Å². The highest BCUT2D eigenvalue weighted by molar-refractivity contribution is 6.04. The van der Waals surface area contributed by atoms with E-state index in [-0.39, 0.29) is 31.2 Å². The summed E-state index contributed by atoms with van der Waals surface area (Å²) in [6.07, 6.45) is 0.293. The van der Waals surface area contributed by atoms with Crippen molar-refractivity contribution < 1.29 is 28.6 Å². The van der Waals surface area contributed by atoms with Crippen LogP contribution in [0.25, 0.3) is 0 Å². The minimum atomic E-state index is -0.725. The Morgan fingerprint density at radius 3 is 2.61 bits per heavy atom. The molecule has 2 N–H and O–H groups in total. The zero-order valence-electron chi connectivity index (χ0n) is 17.1. The van der Waals surface area contributed by atoms with Crippen molar-refractivity contribution in [3.63, 3.8) is 0 Å². The minimum Gasteiger partial charge on any atom is -0.497 e. The van der Waals surface area contributed by atoms with Crippen molar-refractivity contribution >= 4 is 23.5 Å². The van der Waals surface area contributed by atoms with Gasteiger partial charge < -0.3 is 24.8 Å². The third-order valence-electron chi connectivity index (χ3n) is 5.09. The molecule has 4 rings (SSSR count). The lowest BCUT2D eigenvalue weighted by Gasteiger charge is -2.19. The molecule has 9 nitrogen and oxygen atoms in total. The van der Waals surface area contributed by atoms with Crippen LogP contribution in [0.2, 0.25) is 0 Å². The fourth-order valence-corrected chi connectivity index (χ4v) is 3.46. The predicted molar refractivity (Wildman–Crippen MR) is 111 cm³/mol. The number of imide groups is 1. The number of methoxy groups -OCH3 is 1. The number of amides is 4. The number of fused-ring (bicyclic) bond motifs is 1. The molecular formula is C22H23N3O6. The minimum absolute atomic E-state index is 0.0848. The average molecular weight is 425 g/mol. The second kappa shape index (κ2) is 8.95. The van der Waals surface area contributed by atoms with Crippen molar-refractivity contribution in [3.05, 3.63) is 48.0 Å². The number of nitrogens with zero attached hydrogens (tertiary/aromatic N) is 1. The van der Waals surface area contributed by atoms with Crippen LogP contribution >= 0.6 is 0 Å². The molecule has 2 aromatic carbocycles. The van der Waals surface area contributed by atoms with E-state index in [0.29, 0.717) is 36.1 Å². The summed E-state index contributed by atoms with van der Waals surface area (Å²) in [4.78, 5) is 38.4. The SMILES string of the molecule is COc1ccc(CN2C(=O)N[C@H](CCC(=O)Nc3ccc4c(c3)OCCO4)C2=O)cc1. The standard InChI is InChI=1S/C22H23N3O6/c1-29-16-5-2-14(3-6-16)13-25-21(27)17(24-22(25)28)7-9-20(26)23-15-4-8-18-19(12-15)31-11-10-30-18/h2-6,8,12,17H,7,9-11,13H2,1H3,(H,23,26)(H,24,28)/t17-/m1/s1. The molecule has 9 heteroatoms. The molecule has 162 valence electrons. The molecule has 1 atom stereocenters. The first-order valence-corrected chi connectivity index (χ1v) is 9.98. The summed E-state index contributed by atoms with van der Waals surface area (Å²) in [6, 6.07) is 11.1. The molecule has 0 aromatic heterocycles. The van der Waals surface area contributed by atoms with E-state index >= 15 is 0 Å². The Morgan fingerprint density at radius 2 is 1.87 bits per heavy atom. The molecule has 2 aromatic rings. The van der Waals surface area contributed by atoms with E-state index in [1.807, 2.05) is 0 Å². The summed E-state index contributed by atoms with van der Waals surface area (Å²) < 4.78 is 16.1. The van der Waals surface area contributed by atoms with Crippen LogP contribution in [0.15, 0.2) is 42.5 Å². The molecule has 31 heavy (non-hydrogen) atoms. The number of hydrogen-bond donors (Lipinski definition) is 2. The number of anilines is 1. The molecule has 2 heterocycles. The van der Waals surface area contributed by atoms with Gasteiger partial charge in [0, 0.05) is 18.2 Å². The largest absolute Gasteiger partial charge is 0.497 e. The van der Waals surface area contributed by atoms with Crippen molar-refractivity contribution in [1.82, 2.24) is 10.2 Å². The average Bonchev–Trinajstić information content (AvgIpc) is 3.05. The Hall–Kier alpha value is -3.75. The number of carbonyl (C=O) groups excluding carboxylic acids is 3. The summed E-state index contributed by atoms with van der Waals surface area (Å²) in [5.74, 6) is 1.32. The van der Waals surface area contributed by atoms with E-state index in [2.05, 4.69) is 10.6 Å². The van der Waals surface area contributed by atoms with Crippen molar-refractivity contribution in [2.24, 2.45) is 0 Å². The van der Waals surface area contributed by atoms with Gasteiger partial charge in [-0.3, -0.25) is 14.5 Å². The van der Waals surface area contributed by atoms with E-state index in [9.17, 15) is 14.4 Å². The van der Waals surface area contributed by atoms with E-state index in [1.54, 1.807) is 49.6 Å². The fraction of sp³-hybridized carbons (Fsp3) is 0.318. The Kier molecular flexibility index (Phi) is 5.92. The second-order valence-electron chi connectivity index (χ2n) is 7.22. The molecule has 0 unspecified atom stereocenters. The molecule has 0 saturated carbocycles. The highest BCUT2D eigenvalue weighted by Crippen LogP contribution is 2.32. The van der Waals surface area contributed by atoms with Gasteiger partial charge in [-0.1, -0.05) is 12.1 Å². The Morgan fingerprint density at radius 1 is 1.13 bits per heavy atom. The van der Waals surface area contributed by atoms with Gasteiger partial charge in [0.25, 0.3) is 5.91 Å². The first-order chi connectivity index (χ1) is 15.0. The normalized spacial score (nSPS) is 17.3. The van der Waals surface area contributed by atoms with Gasteiger partial charge in [-0.05, 0) is 36.2 Å². The van der Waals surface area contributed by atoms with E-state index in [1.165, 1.54) is 0 Å². The van der Waals surface area contributed by atoms with Gasteiger partial charge in [-0.25, -0.2) is 4.79 Å². The van der Waals surface area contributed by atoms with Crippen molar-refractivity contribution in [2.75, 3.05) is 25.6 Å². The smallest absolute Gasteiger partial charge is 0.325 e. The third kappa shape index (κ3) is 4.71. The molecule has 4 amide bonds. The Bertz CT molecular complexity index is 991. The molecule has 1 fully saturated rings. The third-order valence-corrected chi connectivity index (χ3v) is 5.09. The summed E-state index contributed by atoms with van der Waals surface area (Å²) in [6.45, 7) is 1.12. The predicted octanol–water partition coefficient (Wildman–Crippen LogP) is 2.31. The van der Waals surface area contributed by atoms with Crippen molar-refractivity contribution in [2.45, 2.75) is 25.4 Å². The van der Waals surface area contributed by atoms with E-state index in [0.717, 1.165) is 10.5 Å². The van der Waals surface area contributed by atoms with Crippen LogP contribution in [0.4, 0.5) is 10.5 Å². The number of carbonyl (C=O) groups is 3. The summed E-state index contributed by atoms with van der Waals surface area (Å²) in [5.41, 5.74) is 1.39. The van der Waals surface area contributed by atoms with Gasteiger partial charge in [0.05, 0.1) is 13.7 Å². The topological polar surface area (TPSA) is 106 Å². The number of nitrogens with one attached hydrogen (secondary N) is 2. The molecule has 2 aliphatic rings. The van der Waals surface area contributed by atoms with Crippen LogP contribution in [-0.4, -0.2) is 49.1 Å². The summed E-state index contributed by atoms with van der Waals surface area (Å²) in [5, 5.41) is 5.43. The first-order valence-electron chi connectivity index (χ1n) is 9.98. The summed E-state index contributed by atoms with van der Waals surface area (Å²) >= 11 is 0. The molecule has 0 aliphatic carbocycles. The number of ether oxygens (including phenoxy) is 3. The number of urea groups is 1. The number of rotatable bonds is 7. The Labute approximate surface area is 179 Å². The van der Waals surface area contributed by atoms with Crippen molar-refractivity contribution in [3.8, 4) is 17.2 Å². The molecule has 1 saturated heterocycles. The molecule has 2 aliphatic heterocycles. The van der Waals surface area contributed by atoms with E-state index < -0.39 is 12.1 Å². The zero-order valence-corrected chi connectivity index (χ0v) is 17.1. The zero-order chi connectivity index (χ0) is 21.8. The van der Waals surface area contributed by atoms with Gasteiger partial charge in [0.1, 0.15) is 25.0 Å². The first kappa shape index (κ1) is 20.5. The Balaban J connectivity index is 1.29. The van der Waals surface area contributed by atoms with Crippen LogP contribution in [-0.2, 0) is 16.1 Å². The maximum atomic E-state index is 12.6. The van der Waals surface area contributed by atoms with Crippen LogP contribution in [0.1, 0.15) is 18.4 Å². The van der Waals surface area contributed by atoms with Gasteiger partial charge in [0.15, 0.2) is 11.5 Å². The van der Waals surface area contributed by atoms with Crippen LogP contribution in [0.5, 0.6) is 17.2 Å². The van der Waals surface area contributed by atoms with Crippen molar-refractivity contribution in [1.29, 1.82) is 0 Å². The quantitative estimate of drug-likeness (QED) is 0.660. The van der Waals surface area contributed by atoms with Crippen LogP contribution in [0.3, 0.4) is 0 Å². The fourth-order valence-electron chi connectivity index (χ4n) is 3.46. The monoisotopic (exact) mass is 425 g/mol. The molecule has 0 radical (unpaired) electrons. The van der Waals surface area contributed by atoms with Gasteiger partial charge in [-0.15, -0.1) is 0 Å². The van der Waals surface area contributed by atoms with Gasteiger partial charge in [-0.2, -0.15) is 0 Å². The lowest BCUT2D eigenvalue weighted by molar-refractivity contribution is -0.128. The second-order valence-corrected chi connectivity index (χ2v) is 7.22. The lowest BCUT2D eigenvalue weighted by Crippen LogP contribution is -2.31. The molecule has 0 bridgehead atoms. The molecular weight excluding hydrogens is 402 g/mol. The molecule has 0 spiro atoms.